The SMILES string of the molecule is COc1ccc2oc(CCC3(N)CC3)nc2c1. The second kappa shape index (κ2) is 3.74. The van der Waals surface area contributed by atoms with E-state index in [-0.39, 0.29) is 5.54 Å². The van der Waals surface area contributed by atoms with E-state index in [0.717, 1.165) is 48.4 Å². The predicted molar refractivity (Wildman–Crippen MR) is 65.0 cm³/mol. The van der Waals surface area contributed by atoms with Gasteiger partial charge in [0, 0.05) is 18.0 Å². The zero-order valence-electron chi connectivity index (χ0n) is 9.90. The van der Waals surface area contributed by atoms with Gasteiger partial charge in [-0.15, -0.1) is 0 Å². The Morgan fingerprint density at radius 1 is 1.47 bits per heavy atom. The molecule has 2 aromatic rings. The minimum atomic E-state index is 0.0539. The lowest BCUT2D eigenvalue weighted by Crippen LogP contribution is -2.22. The van der Waals surface area contributed by atoms with Crippen LogP contribution in [0.3, 0.4) is 0 Å². The summed E-state index contributed by atoms with van der Waals surface area (Å²) in [6.45, 7) is 0. The molecule has 1 aromatic heterocycles. The van der Waals surface area contributed by atoms with E-state index in [0.29, 0.717) is 0 Å². The number of nitrogens with zero attached hydrogens (tertiary/aromatic N) is 1. The van der Waals surface area contributed by atoms with Crippen molar-refractivity contribution in [3.8, 4) is 5.75 Å². The van der Waals surface area contributed by atoms with Crippen LogP contribution in [0.15, 0.2) is 22.6 Å². The van der Waals surface area contributed by atoms with Crippen molar-refractivity contribution in [1.29, 1.82) is 0 Å². The summed E-state index contributed by atoms with van der Waals surface area (Å²) in [5.74, 6) is 1.57. The molecule has 0 saturated heterocycles. The summed E-state index contributed by atoms with van der Waals surface area (Å²) in [5.41, 5.74) is 7.76. The molecule has 0 unspecified atom stereocenters. The molecular formula is C13H16N2O2. The van der Waals surface area contributed by atoms with Crippen LogP contribution in [0.25, 0.3) is 11.1 Å². The van der Waals surface area contributed by atoms with Crippen LogP contribution in [0, 0.1) is 0 Å². The molecule has 0 spiro atoms. The van der Waals surface area contributed by atoms with E-state index >= 15 is 0 Å². The molecule has 4 nitrogen and oxygen atoms in total. The van der Waals surface area contributed by atoms with Crippen LogP contribution in [0.5, 0.6) is 5.75 Å². The van der Waals surface area contributed by atoms with Crippen LogP contribution < -0.4 is 10.5 Å². The molecular weight excluding hydrogens is 216 g/mol. The molecule has 0 amide bonds. The topological polar surface area (TPSA) is 61.3 Å². The quantitative estimate of drug-likeness (QED) is 0.878. The predicted octanol–water partition coefficient (Wildman–Crippen LogP) is 2.26. The molecule has 90 valence electrons. The van der Waals surface area contributed by atoms with Gasteiger partial charge in [-0.2, -0.15) is 0 Å². The molecule has 3 rings (SSSR count). The van der Waals surface area contributed by atoms with Gasteiger partial charge in [-0.1, -0.05) is 0 Å². The van der Waals surface area contributed by atoms with Gasteiger partial charge in [-0.25, -0.2) is 4.98 Å². The average molecular weight is 232 g/mol. The van der Waals surface area contributed by atoms with E-state index in [4.69, 9.17) is 14.9 Å². The highest BCUT2D eigenvalue weighted by Crippen LogP contribution is 2.36. The van der Waals surface area contributed by atoms with Crippen LogP contribution in [0.1, 0.15) is 25.2 Å². The molecule has 1 fully saturated rings. The normalized spacial score (nSPS) is 17.3. The smallest absolute Gasteiger partial charge is 0.195 e. The summed E-state index contributed by atoms with van der Waals surface area (Å²) in [6.07, 6.45) is 4.02. The van der Waals surface area contributed by atoms with Crippen molar-refractivity contribution < 1.29 is 9.15 Å². The molecule has 2 N–H and O–H groups in total. The second-order valence-electron chi connectivity index (χ2n) is 4.80. The monoisotopic (exact) mass is 232 g/mol. The third kappa shape index (κ3) is 2.13. The minimum Gasteiger partial charge on any atom is -0.497 e. The van der Waals surface area contributed by atoms with Gasteiger partial charge in [0.2, 0.25) is 0 Å². The fraction of sp³-hybridized carbons (Fsp3) is 0.462. The van der Waals surface area contributed by atoms with Gasteiger partial charge < -0.3 is 14.9 Å². The van der Waals surface area contributed by atoms with Gasteiger partial charge in [0.15, 0.2) is 11.5 Å². The van der Waals surface area contributed by atoms with Crippen molar-refractivity contribution in [2.24, 2.45) is 5.73 Å². The van der Waals surface area contributed by atoms with Gasteiger partial charge >= 0.3 is 0 Å². The molecule has 17 heavy (non-hydrogen) atoms. The zero-order chi connectivity index (χ0) is 11.9. The van der Waals surface area contributed by atoms with E-state index < -0.39 is 0 Å². The first-order valence-electron chi connectivity index (χ1n) is 5.91. The lowest BCUT2D eigenvalue weighted by atomic mass is 10.1. The number of hydrogen-bond acceptors (Lipinski definition) is 4. The largest absolute Gasteiger partial charge is 0.497 e. The van der Waals surface area contributed by atoms with E-state index in [9.17, 15) is 0 Å². The summed E-state index contributed by atoms with van der Waals surface area (Å²) in [7, 11) is 1.65. The number of nitrogens with two attached hydrogens (primary N) is 1. The van der Waals surface area contributed by atoms with Crippen molar-refractivity contribution in [2.45, 2.75) is 31.2 Å². The molecule has 1 heterocycles. The van der Waals surface area contributed by atoms with Gasteiger partial charge in [-0.3, -0.25) is 0 Å². The maximum atomic E-state index is 6.04. The lowest BCUT2D eigenvalue weighted by Gasteiger charge is -2.04. The molecule has 1 aliphatic rings. The number of fused-ring (bicyclic) bond motifs is 1. The Morgan fingerprint density at radius 2 is 2.29 bits per heavy atom. The summed E-state index contributed by atoms with van der Waals surface area (Å²) in [6, 6.07) is 5.65. The van der Waals surface area contributed by atoms with Crippen LogP contribution in [0.4, 0.5) is 0 Å². The highest BCUT2D eigenvalue weighted by atomic mass is 16.5. The first-order valence-corrected chi connectivity index (χ1v) is 5.91. The molecule has 1 aliphatic carbocycles. The lowest BCUT2D eigenvalue weighted by molar-refractivity contribution is 0.415. The number of oxazole rings is 1. The highest BCUT2D eigenvalue weighted by molar-refractivity contribution is 5.74. The average Bonchev–Trinajstić information content (AvgIpc) is 2.93. The summed E-state index contributed by atoms with van der Waals surface area (Å²) >= 11 is 0. The Hall–Kier alpha value is -1.55. The minimum absolute atomic E-state index is 0.0539. The van der Waals surface area contributed by atoms with E-state index in [2.05, 4.69) is 4.98 Å². The molecule has 0 radical (unpaired) electrons. The number of hydrogen-bond donors (Lipinski definition) is 1. The van der Waals surface area contributed by atoms with Crippen molar-refractivity contribution >= 4 is 11.1 Å². The fourth-order valence-electron chi connectivity index (χ4n) is 1.96. The number of aryl methyl sites for hydroxylation is 1. The standard InChI is InChI=1S/C13H16N2O2/c1-16-9-2-3-11-10(8-9)15-12(17-11)4-5-13(14)6-7-13/h2-3,8H,4-7,14H2,1H3. The number of benzene rings is 1. The number of methoxy groups -OCH3 is 1. The van der Waals surface area contributed by atoms with Gasteiger partial charge in [-0.05, 0) is 31.4 Å². The Labute approximate surface area is 99.8 Å². The number of rotatable bonds is 4. The summed E-state index contributed by atoms with van der Waals surface area (Å²) in [5, 5.41) is 0. The third-order valence-corrected chi connectivity index (χ3v) is 3.37. The maximum Gasteiger partial charge on any atom is 0.195 e. The van der Waals surface area contributed by atoms with Gasteiger partial charge in [0.1, 0.15) is 11.3 Å². The summed E-state index contributed by atoms with van der Waals surface area (Å²) < 4.78 is 10.8. The van der Waals surface area contributed by atoms with E-state index in [1.54, 1.807) is 7.11 Å². The van der Waals surface area contributed by atoms with Crippen molar-refractivity contribution in [3.63, 3.8) is 0 Å². The van der Waals surface area contributed by atoms with E-state index in [1.807, 2.05) is 18.2 Å². The molecule has 0 aliphatic heterocycles. The summed E-state index contributed by atoms with van der Waals surface area (Å²) in [4.78, 5) is 4.45. The first-order chi connectivity index (χ1) is 8.18. The van der Waals surface area contributed by atoms with Crippen LogP contribution in [-0.4, -0.2) is 17.6 Å². The zero-order valence-corrected chi connectivity index (χ0v) is 9.90. The molecule has 1 aromatic carbocycles. The van der Waals surface area contributed by atoms with Crippen LogP contribution >= 0.6 is 0 Å². The molecule has 0 atom stereocenters. The molecule has 0 bridgehead atoms. The Morgan fingerprint density at radius 3 is 3.00 bits per heavy atom. The van der Waals surface area contributed by atoms with Crippen molar-refractivity contribution in [1.82, 2.24) is 4.98 Å². The second-order valence-corrected chi connectivity index (χ2v) is 4.80. The molecule has 4 heteroatoms. The number of ether oxygens (including phenoxy) is 1. The van der Waals surface area contributed by atoms with Crippen molar-refractivity contribution in [2.75, 3.05) is 7.11 Å². The van der Waals surface area contributed by atoms with Crippen LogP contribution in [0.2, 0.25) is 0 Å². The highest BCUT2D eigenvalue weighted by Gasteiger charge is 2.37. The Balaban J connectivity index is 1.80. The Bertz CT molecular complexity index is 543. The first kappa shape index (κ1) is 10.6. The van der Waals surface area contributed by atoms with Crippen molar-refractivity contribution in [3.05, 3.63) is 24.1 Å². The molecule has 1 saturated carbocycles. The fourth-order valence-corrected chi connectivity index (χ4v) is 1.96. The van der Waals surface area contributed by atoms with Gasteiger partial charge in [0.25, 0.3) is 0 Å². The van der Waals surface area contributed by atoms with Crippen LogP contribution in [-0.2, 0) is 6.42 Å². The van der Waals surface area contributed by atoms with E-state index in [1.165, 1.54) is 0 Å². The van der Waals surface area contributed by atoms with Gasteiger partial charge in [0.05, 0.1) is 7.11 Å². The number of aromatic nitrogens is 1. The third-order valence-electron chi connectivity index (χ3n) is 3.37. The maximum absolute atomic E-state index is 6.04. The Kier molecular flexibility index (Phi) is 2.33.